The van der Waals surface area contributed by atoms with Crippen LogP contribution >= 0.6 is 0 Å². The van der Waals surface area contributed by atoms with Gasteiger partial charge in [-0.05, 0) is 19.8 Å². The van der Waals surface area contributed by atoms with Crippen molar-refractivity contribution in [3.63, 3.8) is 0 Å². The van der Waals surface area contributed by atoms with E-state index in [0.29, 0.717) is 24.5 Å². The standard InChI is InChI=1S/C12H17N5O2/c1-6-9(13)10(16-15-6)12(19)17-4-2-3-7-8(17)5-14-11(7)18/h7-8H,2-5,13H2,1H3,(H,14,18)(H,15,16). The number of anilines is 1. The van der Waals surface area contributed by atoms with Crippen LogP contribution in [0.5, 0.6) is 0 Å². The Hall–Kier alpha value is -2.05. The number of hydrogen-bond donors (Lipinski definition) is 3. The number of aromatic amines is 1. The molecule has 2 atom stereocenters. The zero-order chi connectivity index (χ0) is 13.6. The highest BCUT2D eigenvalue weighted by atomic mass is 16.2. The summed E-state index contributed by atoms with van der Waals surface area (Å²) in [5.41, 5.74) is 7.20. The number of nitrogens with two attached hydrogens (primary N) is 1. The van der Waals surface area contributed by atoms with Gasteiger partial charge in [-0.3, -0.25) is 14.7 Å². The molecule has 102 valence electrons. The SMILES string of the molecule is Cc1[nH]nc(C(=O)N2CCCC3C(=O)NCC32)c1N. The molecule has 0 saturated carbocycles. The van der Waals surface area contributed by atoms with Gasteiger partial charge in [0.1, 0.15) is 0 Å². The predicted octanol–water partition coefficient (Wildman–Crippen LogP) is -0.349. The molecule has 4 N–H and O–H groups in total. The molecule has 2 aliphatic heterocycles. The van der Waals surface area contributed by atoms with Gasteiger partial charge in [0.05, 0.1) is 23.3 Å². The smallest absolute Gasteiger partial charge is 0.276 e. The van der Waals surface area contributed by atoms with E-state index in [0.717, 1.165) is 12.8 Å². The van der Waals surface area contributed by atoms with Crippen LogP contribution in [-0.4, -0.2) is 46.0 Å². The number of aryl methyl sites for hydroxylation is 1. The number of nitrogens with zero attached hydrogens (tertiary/aromatic N) is 2. The van der Waals surface area contributed by atoms with Gasteiger partial charge >= 0.3 is 0 Å². The first-order valence-electron chi connectivity index (χ1n) is 6.48. The monoisotopic (exact) mass is 263 g/mol. The summed E-state index contributed by atoms with van der Waals surface area (Å²) in [6.07, 6.45) is 1.68. The minimum atomic E-state index is -0.187. The summed E-state index contributed by atoms with van der Waals surface area (Å²) in [4.78, 5) is 25.9. The van der Waals surface area contributed by atoms with Crippen LogP contribution in [0.2, 0.25) is 0 Å². The Bertz CT molecular complexity index is 538. The van der Waals surface area contributed by atoms with Crippen LogP contribution < -0.4 is 11.1 Å². The number of nitrogens with one attached hydrogen (secondary N) is 2. The van der Waals surface area contributed by atoms with Gasteiger partial charge in [0.15, 0.2) is 5.69 Å². The first kappa shape index (κ1) is 12.0. The van der Waals surface area contributed by atoms with Crippen LogP contribution in [-0.2, 0) is 4.79 Å². The Balaban J connectivity index is 1.87. The first-order valence-corrected chi connectivity index (χ1v) is 6.48. The Morgan fingerprint density at radius 2 is 2.32 bits per heavy atom. The van der Waals surface area contributed by atoms with Crippen molar-refractivity contribution < 1.29 is 9.59 Å². The van der Waals surface area contributed by atoms with Gasteiger partial charge < -0.3 is 16.0 Å². The average molecular weight is 263 g/mol. The molecule has 2 fully saturated rings. The van der Waals surface area contributed by atoms with E-state index in [1.165, 1.54) is 0 Å². The van der Waals surface area contributed by atoms with Crippen molar-refractivity contribution in [2.45, 2.75) is 25.8 Å². The van der Waals surface area contributed by atoms with Crippen LogP contribution in [0.25, 0.3) is 0 Å². The zero-order valence-electron chi connectivity index (χ0n) is 10.8. The summed E-state index contributed by atoms with van der Waals surface area (Å²) in [7, 11) is 0. The molecular formula is C12H17N5O2. The molecule has 0 aliphatic carbocycles. The zero-order valence-corrected chi connectivity index (χ0v) is 10.8. The van der Waals surface area contributed by atoms with E-state index < -0.39 is 0 Å². The highest BCUT2D eigenvalue weighted by Gasteiger charge is 2.43. The van der Waals surface area contributed by atoms with Crippen molar-refractivity contribution in [3.05, 3.63) is 11.4 Å². The summed E-state index contributed by atoms with van der Waals surface area (Å²) >= 11 is 0. The number of amides is 2. The Kier molecular flexibility index (Phi) is 2.69. The normalized spacial score (nSPS) is 26.2. The first-order chi connectivity index (χ1) is 9.09. The maximum absolute atomic E-state index is 12.5. The molecule has 0 radical (unpaired) electrons. The minimum absolute atomic E-state index is 0.0497. The van der Waals surface area contributed by atoms with E-state index in [9.17, 15) is 9.59 Å². The topological polar surface area (TPSA) is 104 Å². The van der Waals surface area contributed by atoms with Gasteiger partial charge in [-0.2, -0.15) is 5.10 Å². The number of carbonyl (C=O) groups is 2. The lowest BCUT2D eigenvalue weighted by Gasteiger charge is -2.35. The molecular weight excluding hydrogens is 246 g/mol. The fourth-order valence-corrected chi connectivity index (χ4v) is 2.94. The third-order valence-corrected chi connectivity index (χ3v) is 4.06. The number of carbonyl (C=O) groups excluding carboxylic acids is 2. The third kappa shape index (κ3) is 1.76. The van der Waals surface area contributed by atoms with Crippen molar-refractivity contribution in [3.8, 4) is 0 Å². The van der Waals surface area contributed by atoms with Crippen molar-refractivity contribution >= 4 is 17.5 Å². The Morgan fingerprint density at radius 3 is 3.00 bits per heavy atom. The van der Waals surface area contributed by atoms with Crippen molar-refractivity contribution in [2.24, 2.45) is 5.92 Å². The molecule has 0 spiro atoms. The van der Waals surface area contributed by atoms with Gasteiger partial charge in [-0.25, -0.2) is 0 Å². The number of nitrogen functional groups attached to an aromatic ring is 1. The van der Waals surface area contributed by atoms with E-state index >= 15 is 0 Å². The van der Waals surface area contributed by atoms with Crippen LogP contribution in [0, 0.1) is 12.8 Å². The van der Waals surface area contributed by atoms with E-state index in [2.05, 4.69) is 15.5 Å². The molecule has 19 heavy (non-hydrogen) atoms. The van der Waals surface area contributed by atoms with Crippen LogP contribution in [0.15, 0.2) is 0 Å². The molecule has 1 aromatic rings. The van der Waals surface area contributed by atoms with Crippen LogP contribution in [0.1, 0.15) is 29.0 Å². The van der Waals surface area contributed by atoms with E-state index in [1.807, 2.05) is 0 Å². The molecule has 0 bridgehead atoms. The average Bonchev–Trinajstić information content (AvgIpc) is 2.94. The summed E-state index contributed by atoms with van der Waals surface area (Å²) in [6.45, 7) is 2.96. The van der Waals surface area contributed by atoms with E-state index in [-0.39, 0.29) is 29.5 Å². The second-order valence-corrected chi connectivity index (χ2v) is 5.17. The van der Waals surface area contributed by atoms with Gasteiger partial charge in [0.25, 0.3) is 5.91 Å². The molecule has 7 nitrogen and oxygen atoms in total. The minimum Gasteiger partial charge on any atom is -0.395 e. The predicted molar refractivity (Wildman–Crippen MR) is 68.3 cm³/mol. The van der Waals surface area contributed by atoms with Gasteiger partial charge in [0, 0.05) is 13.1 Å². The highest BCUT2D eigenvalue weighted by molar-refractivity contribution is 5.98. The highest BCUT2D eigenvalue weighted by Crippen LogP contribution is 2.29. The van der Waals surface area contributed by atoms with Crippen molar-refractivity contribution in [1.82, 2.24) is 20.4 Å². The van der Waals surface area contributed by atoms with Gasteiger partial charge in [-0.15, -0.1) is 0 Å². The second kappa shape index (κ2) is 4.25. The quantitative estimate of drug-likeness (QED) is 0.644. The molecule has 2 amide bonds. The number of hydrogen-bond acceptors (Lipinski definition) is 4. The molecule has 3 heterocycles. The van der Waals surface area contributed by atoms with E-state index in [1.54, 1.807) is 11.8 Å². The molecule has 3 rings (SSSR count). The maximum atomic E-state index is 12.5. The summed E-state index contributed by atoms with van der Waals surface area (Å²) in [5, 5.41) is 9.52. The molecule has 2 aliphatic rings. The largest absolute Gasteiger partial charge is 0.395 e. The fraction of sp³-hybridized carbons (Fsp3) is 0.583. The maximum Gasteiger partial charge on any atom is 0.276 e. The fourth-order valence-electron chi connectivity index (χ4n) is 2.94. The van der Waals surface area contributed by atoms with Gasteiger partial charge in [0.2, 0.25) is 5.91 Å². The Morgan fingerprint density at radius 1 is 1.53 bits per heavy atom. The molecule has 0 aromatic carbocycles. The van der Waals surface area contributed by atoms with Crippen molar-refractivity contribution in [1.29, 1.82) is 0 Å². The lowest BCUT2D eigenvalue weighted by atomic mass is 9.91. The molecule has 2 saturated heterocycles. The van der Waals surface area contributed by atoms with Crippen LogP contribution in [0.4, 0.5) is 5.69 Å². The lowest BCUT2D eigenvalue weighted by Crippen LogP contribution is -2.49. The van der Waals surface area contributed by atoms with Crippen LogP contribution in [0.3, 0.4) is 0 Å². The third-order valence-electron chi connectivity index (χ3n) is 4.06. The molecule has 1 aromatic heterocycles. The lowest BCUT2D eigenvalue weighted by molar-refractivity contribution is -0.123. The Labute approximate surface area is 110 Å². The number of aromatic nitrogens is 2. The number of likely N-dealkylation sites (tertiary alicyclic amines) is 1. The van der Waals surface area contributed by atoms with Gasteiger partial charge in [-0.1, -0.05) is 0 Å². The summed E-state index contributed by atoms with van der Waals surface area (Å²) < 4.78 is 0. The molecule has 7 heteroatoms. The van der Waals surface area contributed by atoms with Crippen molar-refractivity contribution in [2.75, 3.05) is 18.8 Å². The summed E-state index contributed by atoms with van der Waals surface area (Å²) in [6, 6.07) is -0.0647. The number of rotatable bonds is 1. The second-order valence-electron chi connectivity index (χ2n) is 5.17. The summed E-state index contributed by atoms with van der Waals surface area (Å²) in [5.74, 6) is -0.222. The number of piperidine rings is 1. The van der Waals surface area contributed by atoms with E-state index in [4.69, 9.17) is 5.73 Å². The number of fused-ring (bicyclic) bond motifs is 1. The molecule has 2 unspecified atom stereocenters. The number of H-pyrrole nitrogens is 1.